The van der Waals surface area contributed by atoms with E-state index in [1.165, 1.54) is 29.8 Å². The summed E-state index contributed by atoms with van der Waals surface area (Å²) >= 11 is 0. The van der Waals surface area contributed by atoms with Gasteiger partial charge in [0.05, 0.1) is 10.4 Å². The highest BCUT2D eigenvalue weighted by molar-refractivity contribution is 7.91. The summed E-state index contributed by atoms with van der Waals surface area (Å²) in [5.74, 6) is -0.669. The summed E-state index contributed by atoms with van der Waals surface area (Å²) in [5, 5.41) is 9.27. The molecule has 0 saturated carbocycles. The quantitative estimate of drug-likeness (QED) is 0.426. The molecule has 0 unspecified atom stereocenters. The number of rotatable bonds is 4. The highest BCUT2D eigenvalue weighted by Crippen LogP contribution is 2.22. The number of nitrogens with one attached hydrogen (secondary N) is 1. The molecule has 2 aromatic carbocycles. The summed E-state index contributed by atoms with van der Waals surface area (Å²) in [6.45, 7) is 0. The third-order valence-electron chi connectivity index (χ3n) is 3.58. The van der Waals surface area contributed by atoms with E-state index in [0.717, 1.165) is 11.5 Å². The van der Waals surface area contributed by atoms with Crippen LogP contribution in [0.5, 0.6) is 0 Å². The van der Waals surface area contributed by atoms with Gasteiger partial charge in [-0.3, -0.25) is 10.0 Å². The molecule has 0 saturated heterocycles. The number of nitrogens with zero attached hydrogens (tertiary/aromatic N) is 1. The van der Waals surface area contributed by atoms with Crippen molar-refractivity contribution in [2.24, 2.45) is 0 Å². The number of hydrogen-bond acceptors (Lipinski definition) is 5. The molecule has 0 aliphatic rings. The second-order valence-corrected chi connectivity index (χ2v) is 7.12. The molecule has 1 amide bonds. The van der Waals surface area contributed by atoms with Crippen molar-refractivity contribution in [2.45, 2.75) is 9.92 Å². The number of sulfone groups is 1. The van der Waals surface area contributed by atoms with Gasteiger partial charge >= 0.3 is 0 Å². The number of hydroxylamine groups is 1. The van der Waals surface area contributed by atoms with Crippen LogP contribution in [0.15, 0.2) is 76.7 Å². The van der Waals surface area contributed by atoms with Crippen molar-refractivity contribution in [1.82, 2.24) is 10.5 Å². The van der Waals surface area contributed by atoms with Crippen molar-refractivity contribution in [3.05, 3.63) is 72.3 Å². The van der Waals surface area contributed by atoms with Crippen LogP contribution in [0.25, 0.3) is 17.0 Å². The normalized spacial score (nSPS) is 11.7. The number of para-hydroxylation sites is 1. The first-order valence-electron chi connectivity index (χ1n) is 7.34. The third kappa shape index (κ3) is 3.57. The summed E-state index contributed by atoms with van der Waals surface area (Å²) in [4.78, 5) is 15.3. The van der Waals surface area contributed by atoms with Gasteiger partial charge in [0.1, 0.15) is 0 Å². The highest BCUT2D eigenvalue weighted by atomic mass is 32.2. The molecule has 25 heavy (non-hydrogen) atoms. The van der Waals surface area contributed by atoms with Gasteiger partial charge in [-0.15, -0.1) is 0 Å². The van der Waals surface area contributed by atoms with Gasteiger partial charge < -0.3 is 0 Å². The largest absolute Gasteiger partial charge is 0.288 e. The standard InChI is InChI=1S/C18H14N2O4S/c21-17(20-22)11-7-13-5-9-15(10-6-13)25(23,24)18-12-8-14-3-1-2-4-16(14)19-18/h1-12,22H,(H,20,21)/b11-7+. The van der Waals surface area contributed by atoms with Crippen LogP contribution in [-0.2, 0) is 14.6 Å². The lowest BCUT2D eigenvalue weighted by Gasteiger charge is -2.06. The first-order chi connectivity index (χ1) is 12.0. The van der Waals surface area contributed by atoms with E-state index in [0.29, 0.717) is 11.1 Å². The Morgan fingerprint density at radius 1 is 1.00 bits per heavy atom. The van der Waals surface area contributed by atoms with Crippen LogP contribution in [0.3, 0.4) is 0 Å². The molecular formula is C18H14N2O4S. The van der Waals surface area contributed by atoms with Crippen LogP contribution in [0.1, 0.15) is 5.56 Å². The maximum atomic E-state index is 12.7. The fourth-order valence-electron chi connectivity index (χ4n) is 2.29. The Balaban J connectivity index is 1.93. The van der Waals surface area contributed by atoms with Crippen LogP contribution in [-0.4, -0.2) is 24.5 Å². The van der Waals surface area contributed by atoms with Crippen LogP contribution in [0.2, 0.25) is 0 Å². The zero-order valence-corrected chi connectivity index (χ0v) is 13.8. The molecule has 126 valence electrons. The molecule has 0 fully saturated rings. The van der Waals surface area contributed by atoms with Crippen LogP contribution >= 0.6 is 0 Å². The molecule has 1 heterocycles. The van der Waals surface area contributed by atoms with Crippen molar-refractivity contribution in [3.8, 4) is 0 Å². The number of aromatic nitrogens is 1. The first-order valence-corrected chi connectivity index (χ1v) is 8.82. The second-order valence-electron chi connectivity index (χ2n) is 5.22. The molecule has 7 heteroatoms. The monoisotopic (exact) mass is 354 g/mol. The highest BCUT2D eigenvalue weighted by Gasteiger charge is 2.19. The molecular weight excluding hydrogens is 340 g/mol. The number of carbonyl (C=O) groups excluding carboxylic acids is 1. The molecule has 2 N–H and O–H groups in total. The smallest absolute Gasteiger partial charge is 0.267 e. The molecule has 0 bridgehead atoms. The molecule has 0 atom stereocenters. The lowest BCUT2D eigenvalue weighted by atomic mass is 10.2. The predicted molar refractivity (Wildman–Crippen MR) is 92.6 cm³/mol. The van der Waals surface area contributed by atoms with Gasteiger partial charge in [0, 0.05) is 11.5 Å². The second kappa shape index (κ2) is 6.84. The van der Waals surface area contributed by atoms with Gasteiger partial charge in [-0.05, 0) is 42.0 Å². The summed E-state index contributed by atoms with van der Waals surface area (Å²) < 4.78 is 25.4. The van der Waals surface area contributed by atoms with Gasteiger partial charge in [0.15, 0.2) is 5.03 Å². The third-order valence-corrected chi connectivity index (χ3v) is 5.25. The number of amides is 1. The fraction of sp³-hybridized carbons (Fsp3) is 0. The van der Waals surface area contributed by atoms with E-state index in [-0.39, 0.29) is 9.92 Å². The van der Waals surface area contributed by atoms with E-state index in [9.17, 15) is 13.2 Å². The summed E-state index contributed by atoms with van der Waals surface area (Å²) in [6, 6.07) is 16.5. The summed E-state index contributed by atoms with van der Waals surface area (Å²) in [7, 11) is -3.74. The molecule has 3 rings (SSSR count). The van der Waals surface area contributed by atoms with Crippen molar-refractivity contribution in [2.75, 3.05) is 0 Å². The number of pyridine rings is 1. The maximum absolute atomic E-state index is 12.7. The molecule has 1 aromatic heterocycles. The zero-order valence-electron chi connectivity index (χ0n) is 13.0. The Labute approximate surface area is 144 Å². The number of hydrogen-bond donors (Lipinski definition) is 2. The summed E-state index contributed by atoms with van der Waals surface area (Å²) in [5.41, 5.74) is 2.71. The molecule has 0 spiro atoms. The van der Waals surface area contributed by atoms with Gasteiger partial charge in [-0.1, -0.05) is 30.3 Å². The van der Waals surface area contributed by atoms with E-state index >= 15 is 0 Å². The average Bonchev–Trinajstić information content (AvgIpc) is 2.66. The lowest BCUT2D eigenvalue weighted by Crippen LogP contribution is -2.14. The van der Waals surface area contributed by atoms with Crippen molar-refractivity contribution in [1.29, 1.82) is 0 Å². The predicted octanol–water partition coefficient (Wildman–Crippen LogP) is 2.59. The van der Waals surface area contributed by atoms with E-state index in [2.05, 4.69) is 4.98 Å². The Morgan fingerprint density at radius 3 is 2.44 bits per heavy atom. The zero-order chi connectivity index (χ0) is 17.9. The minimum atomic E-state index is -3.74. The van der Waals surface area contributed by atoms with Crippen LogP contribution in [0.4, 0.5) is 0 Å². The molecule has 0 radical (unpaired) electrons. The minimum Gasteiger partial charge on any atom is -0.288 e. The topological polar surface area (TPSA) is 96.4 Å². The Morgan fingerprint density at radius 2 is 1.72 bits per heavy atom. The van der Waals surface area contributed by atoms with Gasteiger partial charge in [0.2, 0.25) is 9.84 Å². The van der Waals surface area contributed by atoms with Crippen molar-refractivity contribution >= 4 is 32.7 Å². The number of carbonyl (C=O) groups is 1. The maximum Gasteiger partial charge on any atom is 0.267 e. The fourth-order valence-corrected chi connectivity index (χ4v) is 3.49. The Kier molecular flexibility index (Phi) is 4.60. The van der Waals surface area contributed by atoms with Crippen molar-refractivity contribution < 1.29 is 18.4 Å². The Bertz CT molecular complexity index is 1060. The molecule has 3 aromatic rings. The SMILES string of the molecule is O=C(/C=C/c1ccc(S(=O)(=O)c2ccc3ccccc3n2)cc1)NO. The van der Waals surface area contributed by atoms with E-state index < -0.39 is 15.7 Å². The minimum absolute atomic E-state index is 0.0193. The van der Waals surface area contributed by atoms with Crippen LogP contribution in [0, 0.1) is 0 Å². The first kappa shape index (κ1) is 16.8. The van der Waals surface area contributed by atoms with E-state index in [1.54, 1.807) is 30.3 Å². The van der Waals surface area contributed by atoms with Crippen LogP contribution < -0.4 is 5.48 Å². The molecule has 0 aliphatic carbocycles. The lowest BCUT2D eigenvalue weighted by molar-refractivity contribution is -0.124. The van der Waals surface area contributed by atoms with E-state index in [4.69, 9.17) is 5.21 Å². The number of benzene rings is 2. The Hall–Kier alpha value is -3.03. The number of fused-ring (bicyclic) bond motifs is 1. The van der Waals surface area contributed by atoms with Gasteiger partial charge in [0.25, 0.3) is 5.91 Å². The molecule has 6 nitrogen and oxygen atoms in total. The van der Waals surface area contributed by atoms with E-state index in [1.807, 2.05) is 12.1 Å². The van der Waals surface area contributed by atoms with Gasteiger partial charge in [-0.25, -0.2) is 18.9 Å². The summed E-state index contributed by atoms with van der Waals surface area (Å²) in [6.07, 6.45) is 2.59. The van der Waals surface area contributed by atoms with Gasteiger partial charge in [-0.2, -0.15) is 0 Å². The average molecular weight is 354 g/mol. The van der Waals surface area contributed by atoms with Crippen molar-refractivity contribution in [3.63, 3.8) is 0 Å². The molecule has 0 aliphatic heterocycles.